The number of rotatable bonds is 13. The van der Waals surface area contributed by atoms with Gasteiger partial charge in [-0.1, -0.05) is 64.3 Å². The van der Waals surface area contributed by atoms with E-state index < -0.39 is 0 Å². The van der Waals surface area contributed by atoms with Gasteiger partial charge >= 0.3 is 0 Å². The first-order valence-corrected chi connectivity index (χ1v) is 11.8. The van der Waals surface area contributed by atoms with Crippen LogP contribution in [0.15, 0.2) is 94.5 Å². The zero-order valence-corrected chi connectivity index (χ0v) is 20.3. The average Bonchev–Trinajstić information content (AvgIpc) is 3.23. The van der Waals surface area contributed by atoms with Gasteiger partial charge in [0.1, 0.15) is 0 Å². The Balaban J connectivity index is 1.95. The number of aliphatic imine (C=N–C) groups is 2. The number of nitrogens with zero attached hydrogens (tertiary/aromatic N) is 4. The molecule has 2 atom stereocenters. The smallest absolute Gasteiger partial charge is 0.0951 e. The lowest BCUT2D eigenvalue weighted by molar-refractivity contribution is 0.571. The Hall–Kier alpha value is -2.70. The highest BCUT2D eigenvalue weighted by Gasteiger charge is 2.27. The predicted octanol–water partition coefficient (Wildman–Crippen LogP) is 6.08. The van der Waals surface area contributed by atoms with E-state index in [1.165, 1.54) is 16.2 Å². The van der Waals surface area contributed by atoms with Crippen LogP contribution < -0.4 is 4.72 Å². The third-order valence-corrected chi connectivity index (χ3v) is 6.46. The Morgan fingerprint density at radius 3 is 2.72 bits per heavy atom. The molecule has 5 nitrogen and oxygen atoms in total. The van der Waals surface area contributed by atoms with Gasteiger partial charge in [-0.15, -0.1) is 0 Å². The Bertz CT molecular complexity index is 945. The third-order valence-electron chi connectivity index (χ3n) is 5.39. The van der Waals surface area contributed by atoms with Crippen molar-refractivity contribution in [3.63, 3.8) is 0 Å². The van der Waals surface area contributed by atoms with Crippen molar-refractivity contribution in [1.82, 2.24) is 14.3 Å². The van der Waals surface area contributed by atoms with E-state index in [0.717, 1.165) is 37.3 Å². The van der Waals surface area contributed by atoms with E-state index in [1.807, 2.05) is 30.9 Å². The molecule has 2 rings (SSSR count). The molecule has 1 unspecified atom stereocenters. The van der Waals surface area contributed by atoms with E-state index in [-0.39, 0.29) is 5.92 Å². The molecule has 0 saturated heterocycles. The Morgan fingerprint density at radius 1 is 1.25 bits per heavy atom. The molecule has 170 valence electrons. The van der Waals surface area contributed by atoms with Crippen molar-refractivity contribution in [3.05, 3.63) is 90.2 Å². The summed E-state index contributed by atoms with van der Waals surface area (Å²) in [5.41, 5.74) is 4.17. The molecule has 0 radical (unpaired) electrons. The summed E-state index contributed by atoms with van der Waals surface area (Å²) in [6, 6.07) is 0. The molecule has 1 aromatic heterocycles. The Labute approximate surface area is 197 Å². The summed E-state index contributed by atoms with van der Waals surface area (Å²) < 4.78 is 5.69. The van der Waals surface area contributed by atoms with Gasteiger partial charge in [0.15, 0.2) is 0 Å². The van der Waals surface area contributed by atoms with E-state index in [2.05, 4.69) is 83.1 Å². The average molecular weight is 450 g/mol. The lowest BCUT2D eigenvalue weighted by Gasteiger charge is -2.27. The largest absolute Gasteiger partial charge is 0.330 e. The maximum atomic E-state index is 4.66. The maximum Gasteiger partial charge on any atom is 0.0951 e. The van der Waals surface area contributed by atoms with Crippen LogP contribution in [0.25, 0.3) is 0 Å². The standard InChI is InChI=1S/C26H35N5S/c1-7-10-13-22(11-8-2)18-31-19-28-16-23(31)14-15-30-32-25-17-29-26(21(5)20(25)4)24(27-6)12-9-3/h8-13,16-17,19-21,30H,2-3,6-7,14-15,18H2,1,4-5H3/b13-10-,22-11+,24-12-/t20-,21?/m0/s1. The monoisotopic (exact) mass is 449 g/mol. The molecule has 1 N–H and O–H groups in total. The zero-order chi connectivity index (χ0) is 23.3. The minimum Gasteiger partial charge on any atom is -0.330 e. The summed E-state index contributed by atoms with van der Waals surface area (Å²) in [5, 5.41) is 0. The van der Waals surface area contributed by atoms with Crippen LogP contribution in [0.2, 0.25) is 0 Å². The van der Waals surface area contributed by atoms with Gasteiger partial charge in [0.25, 0.3) is 0 Å². The fourth-order valence-electron chi connectivity index (χ4n) is 3.39. The van der Waals surface area contributed by atoms with Gasteiger partial charge in [0, 0.05) is 48.4 Å². The highest BCUT2D eigenvalue weighted by Crippen LogP contribution is 2.34. The van der Waals surface area contributed by atoms with Crippen molar-refractivity contribution in [2.75, 3.05) is 6.54 Å². The second kappa shape index (κ2) is 13.7. The van der Waals surface area contributed by atoms with Crippen molar-refractivity contribution in [2.45, 2.75) is 40.2 Å². The van der Waals surface area contributed by atoms with E-state index in [1.54, 1.807) is 18.0 Å². The molecule has 0 fully saturated rings. The fraction of sp³-hybridized carbons (Fsp3) is 0.346. The lowest BCUT2D eigenvalue weighted by Crippen LogP contribution is -2.25. The molecule has 1 aliphatic heterocycles. The van der Waals surface area contributed by atoms with Crippen LogP contribution in [0.4, 0.5) is 0 Å². The van der Waals surface area contributed by atoms with Gasteiger partial charge in [0.2, 0.25) is 0 Å². The van der Waals surface area contributed by atoms with Crippen molar-refractivity contribution in [3.8, 4) is 0 Å². The molecular formula is C26H35N5S. The second-order valence-corrected chi connectivity index (χ2v) is 8.58. The van der Waals surface area contributed by atoms with Gasteiger partial charge in [-0.3, -0.25) is 14.7 Å². The quantitative estimate of drug-likeness (QED) is 0.172. The molecule has 32 heavy (non-hydrogen) atoms. The molecule has 0 amide bonds. The SMILES string of the molecule is C=C/C=C(\N=C)C1=NC=C(SNCCc2cncn2CC(/C=C\CC)=C/C=C)[C@@H](C)C1C. The molecule has 0 aliphatic carbocycles. The summed E-state index contributed by atoms with van der Waals surface area (Å²) >= 11 is 1.66. The van der Waals surface area contributed by atoms with E-state index in [0.29, 0.717) is 5.92 Å². The fourth-order valence-corrected chi connectivity index (χ4v) is 4.26. The summed E-state index contributed by atoms with van der Waals surface area (Å²) in [5.74, 6) is 0.603. The van der Waals surface area contributed by atoms with Crippen LogP contribution in [0.3, 0.4) is 0 Å². The molecule has 0 bridgehead atoms. The predicted molar refractivity (Wildman–Crippen MR) is 141 cm³/mol. The van der Waals surface area contributed by atoms with Gasteiger partial charge < -0.3 is 4.57 Å². The molecule has 2 heterocycles. The first-order chi connectivity index (χ1) is 15.5. The second-order valence-electron chi connectivity index (χ2n) is 7.62. The summed E-state index contributed by atoms with van der Waals surface area (Å²) in [6.07, 6.45) is 19.5. The van der Waals surface area contributed by atoms with Crippen LogP contribution in [-0.2, 0) is 13.0 Å². The van der Waals surface area contributed by atoms with Gasteiger partial charge in [-0.05, 0) is 42.7 Å². The molecule has 0 saturated carbocycles. The minimum atomic E-state index is 0.258. The van der Waals surface area contributed by atoms with Crippen LogP contribution in [0.5, 0.6) is 0 Å². The molecule has 0 aromatic carbocycles. The summed E-state index contributed by atoms with van der Waals surface area (Å²) in [6.45, 7) is 19.4. The van der Waals surface area contributed by atoms with Crippen molar-refractivity contribution in [2.24, 2.45) is 21.8 Å². The summed E-state index contributed by atoms with van der Waals surface area (Å²) in [4.78, 5) is 14.3. The van der Waals surface area contributed by atoms with Gasteiger partial charge in [-0.25, -0.2) is 4.98 Å². The first kappa shape index (κ1) is 25.6. The van der Waals surface area contributed by atoms with Crippen LogP contribution in [-0.4, -0.2) is 28.5 Å². The van der Waals surface area contributed by atoms with Crippen LogP contribution >= 0.6 is 11.9 Å². The van der Waals surface area contributed by atoms with Gasteiger partial charge in [-0.2, -0.15) is 0 Å². The third kappa shape index (κ3) is 7.18. The first-order valence-electron chi connectivity index (χ1n) is 11.0. The number of imidazole rings is 1. The normalized spacial score (nSPS) is 19.6. The molecule has 1 aliphatic rings. The number of allylic oxidation sites excluding steroid dienone is 9. The van der Waals surface area contributed by atoms with E-state index in [4.69, 9.17) is 0 Å². The van der Waals surface area contributed by atoms with Crippen LogP contribution in [0, 0.1) is 11.8 Å². The van der Waals surface area contributed by atoms with Crippen molar-refractivity contribution < 1.29 is 0 Å². The van der Waals surface area contributed by atoms with Crippen molar-refractivity contribution in [1.29, 1.82) is 0 Å². The Morgan fingerprint density at radius 2 is 2.03 bits per heavy atom. The molecule has 6 heteroatoms. The topological polar surface area (TPSA) is 54.6 Å². The van der Waals surface area contributed by atoms with E-state index >= 15 is 0 Å². The molecule has 0 spiro atoms. The molecule has 1 aromatic rings. The molecular weight excluding hydrogens is 414 g/mol. The Kier molecular flexibility index (Phi) is 10.9. The lowest BCUT2D eigenvalue weighted by atomic mass is 9.87. The van der Waals surface area contributed by atoms with Crippen molar-refractivity contribution >= 4 is 24.4 Å². The number of hydrogen-bond acceptors (Lipinski definition) is 5. The number of nitrogens with one attached hydrogen (secondary N) is 1. The van der Waals surface area contributed by atoms with E-state index in [9.17, 15) is 0 Å². The number of aromatic nitrogens is 2. The maximum absolute atomic E-state index is 4.66. The summed E-state index contributed by atoms with van der Waals surface area (Å²) in [7, 11) is 0. The van der Waals surface area contributed by atoms with Crippen LogP contribution in [0.1, 0.15) is 32.9 Å². The minimum absolute atomic E-state index is 0.258. The number of hydrogen-bond donors (Lipinski definition) is 1. The highest BCUT2D eigenvalue weighted by molar-refractivity contribution is 8.01. The van der Waals surface area contributed by atoms with Gasteiger partial charge in [0.05, 0.1) is 17.7 Å². The zero-order valence-electron chi connectivity index (χ0n) is 19.5. The highest BCUT2D eigenvalue weighted by atomic mass is 32.2.